The molecule has 0 saturated carbocycles. The van der Waals surface area contributed by atoms with E-state index < -0.39 is 12.1 Å². The zero-order valence-corrected chi connectivity index (χ0v) is 15.8. The Balaban J connectivity index is 2.37. The molecule has 0 unspecified atom stereocenters. The van der Waals surface area contributed by atoms with Crippen molar-refractivity contribution < 1.29 is 23.9 Å². The Morgan fingerprint density at radius 3 is 2.52 bits per heavy atom. The van der Waals surface area contributed by atoms with Crippen LogP contribution in [0.5, 0.6) is 0 Å². The molecule has 2 rings (SSSR count). The zero-order chi connectivity index (χ0) is 18.6. The molecule has 1 atom stereocenters. The van der Waals surface area contributed by atoms with E-state index in [1.807, 2.05) is 13.8 Å². The van der Waals surface area contributed by atoms with Gasteiger partial charge in [-0.15, -0.1) is 11.3 Å². The van der Waals surface area contributed by atoms with Crippen molar-refractivity contribution in [3.05, 3.63) is 16.0 Å². The average molecular weight is 368 g/mol. The molecule has 1 N–H and O–H groups in total. The molecule has 1 fully saturated rings. The molecule has 2 amide bonds. The van der Waals surface area contributed by atoms with Crippen LogP contribution in [0.1, 0.15) is 52.3 Å². The minimum absolute atomic E-state index is 0.157. The Bertz CT molecular complexity index is 660. The summed E-state index contributed by atoms with van der Waals surface area (Å²) in [4.78, 5) is 39.3. The number of ether oxygens (including phenoxy) is 2. The second-order valence-corrected chi connectivity index (χ2v) is 6.74. The van der Waals surface area contributed by atoms with Crippen molar-refractivity contribution in [3.63, 3.8) is 0 Å². The number of anilines is 1. The molecule has 0 spiro atoms. The minimum Gasteiger partial charge on any atom is -0.465 e. The molecule has 8 heteroatoms. The number of esters is 1. The Labute approximate surface area is 151 Å². The summed E-state index contributed by atoms with van der Waals surface area (Å²) < 4.78 is 10.2. The lowest BCUT2D eigenvalue weighted by Gasteiger charge is -2.17. The molecule has 0 bridgehead atoms. The van der Waals surface area contributed by atoms with Crippen LogP contribution in [0.4, 0.5) is 5.00 Å². The maximum Gasteiger partial charge on any atom is 0.341 e. The molecule has 138 valence electrons. The number of hydrogen-bond donors (Lipinski definition) is 1. The highest BCUT2D eigenvalue weighted by Crippen LogP contribution is 2.35. The number of nitrogens with zero attached hydrogens (tertiary/aromatic N) is 1. The number of carbonyl (C=O) groups excluding carboxylic acids is 3. The van der Waals surface area contributed by atoms with Gasteiger partial charge in [-0.25, -0.2) is 4.79 Å². The van der Waals surface area contributed by atoms with Crippen molar-refractivity contribution in [3.8, 4) is 0 Å². The first kappa shape index (κ1) is 19.4. The van der Waals surface area contributed by atoms with Crippen molar-refractivity contribution >= 4 is 34.1 Å². The summed E-state index contributed by atoms with van der Waals surface area (Å²) in [5.41, 5.74) is 0.755. The van der Waals surface area contributed by atoms with Crippen molar-refractivity contribution in [2.24, 2.45) is 0 Å². The number of thiophene rings is 1. The van der Waals surface area contributed by atoms with Crippen molar-refractivity contribution in [2.75, 3.05) is 32.1 Å². The van der Waals surface area contributed by atoms with Crippen LogP contribution < -0.4 is 5.32 Å². The first-order chi connectivity index (χ1) is 11.9. The second-order valence-electron chi connectivity index (χ2n) is 5.72. The molecule has 7 nitrogen and oxygen atoms in total. The molecule has 2 heterocycles. The fourth-order valence-electron chi connectivity index (χ4n) is 2.78. The monoisotopic (exact) mass is 368 g/mol. The van der Waals surface area contributed by atoms with Gasteiger partial charge in [0.2, 0.25) is 0 Å². The van der Waals surface area contributed by atoms with Gasteiger partial charge in [-0.2, -0.15) is 0 Å². The summed E-state index contributed by atoms with van der Waals surface area (Å²) >= 11 is 1.10. The number of hydrogen-bond acceptors (Lipinski definition) is 6. The third-order valence-electron chi connectivity index (χ3n) is 4.24. The predicted octanol–water partition coefficient (Wildman–Crippen LogP) is 2.44. The van der Waals surface area contributed by atoms with Crippen molar-refractivity contribution in [2.45, 2.75) is 39.7 Å². The first-order valence-electron chi connectivity index (χ1n) is 8.37. The minimum atomic E-state index is -0.574. The molecule has 1 aromatic rings. The van der Waals surface area contributed by atoms with Gasteiger partial charge in [-0.1, -0.05) is 0 Å². The van der Waals surface area contributed by atoms with Crippen LogP contribution in [0, 0.1) is 6.92 Å². The van der Waals surface area contributed by atoms with Gasteiger partial charge in [0.25, 0.3) is 11.8 Å². The average Bonchev–Trinajstić information content (AvgIpc) is 3.23. The molecule has 1 aliphatic heterocycles. The smallest absolute Gasteiger partial charge is 0.341 e. The van der Waals surface area contributed by atoms with Crippen LogP contribution in [0.3, 0.4) is 0 Å². The van der Waals surface area contributed by atoms with Gasteiger partial charge in [-0.3, -0.25) is 9.59 Å². The van der Waals surface area contributed by atoms with Gasteiger partial charge >= 0.3 is 5.97 Å². The van der Waals surface area contributed by atoms with E-state index >= 15 is 0 Å². The largest absolute Gasteiger partial charge is 0.465 e. The van der Waals surface area contributed by atoms with Crippen LogP contribution in [-0.4, -0.2) is 55.6 Å². The fourth-order valence-corrected chi connectivity index (χ4v) is 3.95. The second kappa shape index (κ2) is 8.44. The number of nitrogens with one attached hydrogen (secondary N) is 1. The highest BCUT2D eigenvalue weighted by molar-refractivity contribution is 7.18. The lowest BCUT2D eigenvalue weighted by molar-refractivity contribution is -0.124. The number of carbonyl (C=O) groups is 3. The van der Waals surface area contributed by atoms with Gasteiger partial charge in [0.15, 0.2) is 0 Å². The molecule has 0 aliphatic carbocycles. The van der Waals surface area contributed by atoms with E-state index in [0.717, 1.165) is 17.8 Å². The third-order valence-corrected chi connectivity index (χ3v) is 5.44. The maximum absolute atomic E-state index is 12.7. The normalized spacial score (nSPS) is 16.6. The summed E-state index contributed by atoms with van der Waals surface area (Å²) in [5, 5.41) is 3.08. The number of amides is 2. The van der Waals surface area contributed by atoms with Gasteiger partial charge in [0.1, 0.15) is 11.1 Å². The highest BCUT2D eigenvalue weighted by atomic mass is 32.1. The maximum atomic E-state index is 12.7. The molecule has 1 saturated heterocycles. The van der Waals surface area contributed by atoms with Crippen LogP contribution in [0.15, 0.2) is 0 Å². The Kier molecular flexibility index (Phi) is 6.55. The van der Waals surface area contributed by atoms with Gasteiger partial charge in [0, 0.05) is 19.7 Å². The lowest BCUT2D eigenvalue weighted by Crippen LogP contribution is -2.30. The quantitative estimate of drug-likeness (QED) is 0.780. The Morgan fingerprint density at radius 1 is 1.32 bits per heavy atom. The summed E-state index contributed by atoms with van der Waals surface area (Å²) in [5.74, 6) is -1.03. The first-order valence-corrected chi connectivity index (χ1v) is 9.19. The van der Waals surface area contributed by atoms with Crippen LogP contribution in [0.25, 0.3) is 0 Å². The third kappa shape index (κ3) is 4.01. The van der Waals surface area contributed by atoms with E-state index in [0.29, 0.717) is 41.6 Å². The van der Waals surface area contributed by atoms with E-state index in [2.05, 4.69) is 5.32 Å². The molecule has 0 aromatic carbocycles. The number of methoxy groups -OCH3 is 1. The zero-order valence-electron chi connectivity index (χ0n) is 15.0. The standard InChI is InChI=1S/C17H24N2O5S/c1-5-19(6-2)16(21)13-10(3)12(17(22)23-4)15(25-13)18-14(20)11-8-7-9-24-11/h11H,5-9H2,1-4H3,(H,18,20)/t11-/m1/s1. The Morgan fingerprint density at radius 2 is 2.00 bits per heavy atom. The summed E-state index contributed by atoms with van der Waals surface area (Å²) in [6, 6.07) is 0. The SMILES string of the molecule is CCN(CC)C(=O)c1sc(NC(=O)[C@H]2CCCO2)c(C(=O)OC)c1C. The summed E-state index contributed by atoms with van der Waals surface area (Å²) in [7, 11) is 1.27. The van der Waals surface area contributed by atoms with Gasteiger partial charge in [0.05, 0.1) is 17.6 Å². The van der Waals surface area contributed by atoms with Crippen LogP contribution in [-0.2, 0) is 14.3 Å². The molecular formula is C17H24N2O5S. The number of rotatable bonds is 6. The molecule has 0 radical (unpaired) electrons. The predicted molar refractivity (Wildman–Crippen MR) is 95.3 cm³/mol. The van der Waals surface area contributed by atoms with Gasteiger partial charge < -0.3 is 19.7 Å². The van der Waals surface area contributed by atoms with E-state index in [1.165, 1.54) is 7.11 Å². The van der Waals surface area contributed by atoms with E-state index in [1.54, 1.807) is 11.8 Å². The summed E-state index contributed by atoms with van der Waals surface area (Å²) in [6.07, 6.45) is 0.960. The Hall–Kier alpha value is -1.93. The van der Waals surface area contributed by atoms with Crippen LogP contribution >= 0.6 is 11.3 Å². The summed E-state index contributed by atoms with van der Waals surface area (Å²) in [6.45, 7) is 7.17. The highest BCUT2D eigenvalue weighted by Gasteiger charge is 2.30. The molecule has 1 aliphatic rings. The molecule has 25 heavy (non-hydrogen) atoms. The topological polar surface area (TPSA) is 84.9 Å². The van der Waals surface area contributed by atoms with Crippen molar-refractivity contribution in [1.29, 1.82) is 0 Å². The lowest BCUT2D eigenvalue weighted by atomic mass is 10.1. The van der Waals surface area contributed by atoms with Crippen molar-refractivity contribution in [1.82, 2.24) is 4.90 Å². The van der Waals surface area contributed by atoms with E-state index in [4.69, 9.17) is 9.47 Å². The molecular weight excluding hydrogens is 344 g/mol. The van der Waals surface area contributed by atoms with Crippen LogP contribution in [0.2, 0.25) is 0 Å². The van der Waals surface area contributed by atoms with Gasteiger partial charge in [-0.05, 0) is 39.2 Å². The molecule has 1 aromatic heterocycles. The van der Waals surface area contributed by atoms with E-state index in [-0.39, 0.29) is 17.4 Å². The fraction of sp³-hybridized carbons (Fsp3) is 0.588. The van der Waals surface area contributed by atoms with E-state index in [9.17, 15) is 14.4 Å².